The molecular weight excluding hydrogens is 270 g/mol. The smallest absolute Gasteiger partial charge is 0.323 e. The van der Waals surface area contributed by atoms with E-state index in [9.17, 15) is 18.3 Å². The van der Waals surface area contributed by atoms with Crippen molar-refractivity contribution in [3.05, 3.63) is 29.8 Å². The molecule has 6 nitrogen and oxygen atoms in total. The first-order chi connectivity index (χ1) is 8.71. The minimum Gasteiger partial charge on any atom is -0.480 e. The molecule has 0 heterocycles. The van der Waals surface area contributed by atoms with Crippen LogP contribution in [-0.2, 0) is 21.1 Å². The fraction of sp³-hybridized carbons (Fsp3) is 0.417. The van der Waals surface area contributed by atoms with Crippen molar-refractivity contribution in [2.45, 2.75) is 29.9 Å². The molecule has 2 atom stereocenters. The van der Waals surface area contributed by atoms with Gasteiger partial charge in [-0.15, -0.1) is 0 Å². The lowest BCUT2D eigenvalue weighted by Gasteiger charge is -2.14. The number of hydrogen-bond donors (Lipinski definition) is 3. The molecule has 19 heavy (non-hydrogen) atoms. The number of carboxylic acid groups (broad SMARTS) is 1. The summed E-state index contributed by atoms with van der Waals surface area (Å²) in [4.78, 5) is 10.8. The molecule has 2 unspecified atom stereocenters. The Kier molecular flexibility index (Phi) is 5.04. The number of hydrogen-bond acceptors (Lipinski definition) is 5. The summed E-state index contributed by atoms with van der Waals surface area (Å²) in [5, 5.41) is 18.2. The first-order valence-electron chi connectivity index (χ1n) is 5.67. The van der Waals surface area contributed by atoms with E-state index >= 15 is 0 Å². The Morgan fingerprint density at radius 2 is 1.84 bits per heavy atom. The van der Waals surface area contributed by atoms with E-state index in [-0.39, 0.29) is 11.3 Å². The highest BCUT2D eigenvalue weighted by Gasteiger charge is 2.21. The summed E-state index contributed by atoms with van der Waals surface area (Å²) in [5.74, 6) is -1.25. The van der Waals surface area contributed by atoms with Crippen molar-refractivity contribution in [3.8, 4) is 0 Å². The van der Waals surface area contributed by atoms with Gasteiger partial charge in [0.25, 0.3) is 0 Å². The van der Waals surface area contributed by atoms with Gasteiger partial charge < -0.3 is 15.9 Å². The number of nitrogens with two attached hydrogens (primary N) is 1. The van der Waals surface area contributed by atoms with Gasteiger partial charge in [0.15, 0.2) is 9.84 Å². The van der Waals surface area contributed by atoms with E-state index in [4.69, 9.17) is 10.8 Å². The lowest BCUT2D eigenvalue weighted by Crippen LogP contribution is -2.41. The normalized spacial score (nSPS) is 14.9. The zero-order chi connectivity index (χ0) is 14.6. The van der Waals surface area contributed by atoms with Crippen LogP contribution in [0, 0.1) is 0 Å². The number of carboxylic acids is 1. The number of aliphatic hydroxyl groups is 1. The number of aliphatic hydroxyl groups excluding tert-OH is 1. The van der Waals surface area contributed by atoms with Gasteiger partial charge in [0, 0.05) is 6.26 Å². The third-order valence-electron chi connectivity index (χ3n) is 2.78. The van der Waals surface area contributed by atoms with Gasteiger partial charge in [-0.05, 0) is 30.5 Å². The molecule has 0 bridgehead atoms. The molecule has 0 aromatic heterocycles. The Morgan fingerprint density at radius 1 is 1.32 bits per heavy atom. The summed E-state index contributed by atoms with van der Waals surface area (Å²) in [6.45, 7) is 0. The first-order valence-corrected chi connectivity index (χ1v) is 7.56. The Morgan fingerprint density at radius 3 is 2.26 bits per heavy atom. The van der Waals surface area contributed by atoms with E-state index in [1.807, 2.05) is 0 Å². The van der Waals surface area contributed by atoms with Crippen LogP contribution < -0.4 is 5.73 Å². The topological polar surface area (TPSA) is 118 Å². The average molecular weight is 287 g/mol. The molecule has 1 rings (SSSR count). The number of aliphatic carboxylic acids is 1. The highest BCUT2D eigenvalue weighted by Crippen LogP contribution is 2.12. The van der Waals surface area contributed by atoms with Crippen molar-refractivity contribution in [2.24, 2.45) is 5.73 Å². The van der Waals surface area contributed by atoms with E-state index in [1.54, 1.807) is 12.1 Å². The van der Waals surface area contributed by atoms with Crippen LogP contribution in [0.15, 0.2) is 29.2 Å². The largest absolute Gasteiger partial charge is 0.480 e. The molecule has 7 heteroatoms. The minimum absolute atomic E-state index is 0.200. The maximum atomic E-state index is 11.3. The van der Waals surface area contributed by atoms with Crippen LogP contribution in [0.25, 0.3) is 0 Å². The number of benzene rings is 1. The zero-order valence-electron chi connectivity index (χ0n) is 10.5. The molecule has 1 aromatic carbocycles. The summed E-state index contributed by atoms with van der Waals surface area (Å²) < 4.78 is 22.5. The fourth-order valence-electron chi connectivity index (χ4n) is 1.56. The fourth-order valence-corrected chi connectivity index (χ4v) is 2.19. The zero-order valence-corrected chi connectivity index (χ0v) is 11.3. The average Bonchev–Trinajstić information content (AvgIpc) is 2.34. The molecular formula is C12H17NO5S. The van der Waals surface area contributed by atoms with Crippen LogP contribution in [0.4, 0.5) is 0 Å². The van der Waals surface area contributed by atoms with E-state index in [2.05, 4.69) is 0 Å². The SMILES string of the molecule is CS(=O)(=O)c1ccc(CCC(O)C(N)C(=O)O)cc1. The van der Waals surface area contributed by atoms with Crippen molar-refractivity contribution in [3.63, 3.8) is 0 Å². The molecule has 0 saturated heterocycles. The van der Waals surface area contributed by atoms with Crippen molar-refractivity contribution in [2.75, 3.05) is 6.26 Å². The summed E-state index contributed by atoms with van der Waals surface area (Å²) in [7, 11) is -3.22. The van der Waals surface area contributed by atoms with Gasteiger partial charge in [-0.2, -0.15) is 0 Å². The molecule has 0 aliphatic rings. The predicted octanol–water partition coefficient (Wildman–Crippen LogP) is -0.204. The standard InChI is InChI=1S/C12H17NO5S/c1-19(17,18)9-5-2-8(3-6-9)4-7-10(14)11(13)12(15)16/h2-3,5-6,10-11,14H,4,7,13H2,1H3,(H,15,16). The van der Waals surface area contributed by atoms with Crippen LogP contribution in [0.3, 0.4) is 0 Å². The van der Waals surface area contributed by atoms with Crippen molar-refractivity contribution >= 4 is 15.8 Å². The second-order valence-electron chi connectivity index (χ2n) is 4.39. The van der Waals surface area contributed by atoms with E-state index in [0.717, 1.165) is 11.8 Å². The third-order valence-corrected chi connectivity index (χ3v) is 3.91. The van der Waals surface area contributed by atoms with Crippen LogP contribution >= 0.6 is 0 Å². The lowest BCUT2D eigenvalue weighted by molar-refractivity contribution is -0.141. The quantitative estimate of drug-likeness (QED) is 0.666. The minimum atomic E-state index is -3.22. The van der Waals surface area contributed by atoms with Crippen LogP contribution in [-0.4, -0.2) is 43.0 Å². The maximum absolute atomic E-state index is 11.3. The van der Waals surface area contributed by atoms with E-state index in [0.29, 0.717) is 6.42 Å². The number of aryl methyl sites for hydroxylation is 1. The predicted molar refractivity (Wildman–Crippen MR) is 69.5 cm³/mol. The summed E-state index contributed by atoms with van der Waals surface area (Å²) in [6, 6.07) is 4.92. The van der Waals surface area contributed by atoms with Gasteiger partial charge in [0.2, 0.25) is 0 Å². The lowest BCUT2D eigenvalue weighted by atomic mass is 10.0. The molecule has 0 saturated carbocycles. The summed E-state index contributed by atoms with van der Waals surface area (Å²) in [5.41, 5.74) is 6.09. The molecule has 0 amide bonds. The van der Waals surface area contributed by atoms with Crippen molar-refractivity contribution in [1.82, 2.24) is 0 Å². The first kappa shape index (κ1) is 15.6. The van der Waals surface area contributed by atoms with Gasteiger partial charge in [-0.1, -0.05) is 12.1 Å². The monoisotopic (exact) mass is 287 g/mol. The second kappa shape index (κ2) is 6.14. The summed E-state index contributed by atoms with van der Waals surface area (Å²) >= 11 is 0. The van der Waals surface area contributed by atoms with Crippen LogP contribution in [0.1, 0.15) is 12.0 Å². The molecule has 0 spiro atoms. The third kappa shape index (κ3) is 4.62. The van der Waals surface area contributed by atoms with Gasteiger partial charge in [0.1, 0.15) is 6.04 Å². The van der Waals surface area contributed by atoms with Gasteiger partial charge >= 0.3 is 5.97 Å². The number of sulfone groups is 1. The van der Waals surface area contributed by atoms with Gasteiger partial charge in [0.05, 0.1) is 11.0 Å². The van der Waals surface area contributed by atoms with Gasteiger partial charge in [-0.3, -0.25) is 4.79 Å². The van der Waals surface area contributed by atoms with Crippen molar-refractivity contribution < 1.29 is 23.4 Å². The van der Waals surface area contributed by atoms with Crippen LogP contribution in [0.2, 0.25) is 0 Å². The highest BCUT2D eigenvalue weighted by molar-refractivity contribution is 7.90. The number of carbonyl (C=O) groups is 1. The van der Waals surface area contributed by atoms with E-state index in [1.165, 1.54) is 12.1 Å². The van der Waals surface area contributed by atoms with E-state index < -0.39 is 28.0 Å². The Balaban J connectivity index is 2.62. The molecule has 1 aromatic rings. The number of rotatable bonds is 6. The molecule has 0 radical (unpaired) electrons. The Hall–Kier alpha value is -1.44. The molecule has 0 aliphatic carbocycles. The second-order valence-corrected chi connectivity index (χ2v) is 6.40. The molecule has 106 valence electrons. The molecule has 0 fully saturated rings. The maximum Gasteiger partial charge on any atom is 0.323 e. The Labute approximate surface area is 111 Å². The molecule has 0 aliphatic heterocycles. The summed E-state index contributed by atoms with van der Waals surface area (Å²) in [6.07, 6.45) is 0.613. The molecule has 4 N–H and O–H groups in total. The van der Waals surface area contributed by atoms with Crippen LogP contribution in [0.5, 0.6) is 0 Å². The Bertz CT molecular complexity index is 538. The highest BCUT2D eigenvalue weighted by atomic mass is 32.2. The van der Waals surface area contributed by atoms with Crippen molar-refractivity contribution in [1.29, 1.82) is 0 Å². The van der Waals surface area contributed by atoms with Gasteiger partial charge in [-0.25, -0.2) is 8.42 Å².